The minimum absolute atomic E-state index is 0.170. The first-order valence-corrected chi connectivity index (χ1v) is 9.87. The number of hydrogen-bond acceptors (Lipinski definition) is 4. The van der Waals surface area contributed by atoms with Crippen LogP contribution in [0.4, 0.5) is 4.79 Å². The van der Waals surface area contributed by atoms with Gasteiger partial charge >= 0.3 is 6.09 Å². The minimum atomic E-state index is -0.422. The van der Waals surface area contributed by atoms with Crippen LogP contribution in [0.5, 0.6) is 0 Å². The van der Waals surface area contributed by atoms with Gasteiger partial charge in [0.05, 0.1) is 6.54 Å². The summed E-state index contributed by atoms with van der Waals surface area (Å²) >= 11 is 0. The van der Waals surface area contributed by atoms with Crippen LogP contribution in [0, 0.1) is 5.41 Å². The molecule has 0 radical (unpaired) electrons. The number of carbonyl (C=O) groups is 1. The van der Waals surface area contributed by atoms with Gasteiger partial charge in [0.2, 0.25) is 0 Å². The monoisotopic (exact) mass is 350 g/mol. The van der Waals surface area contributed by atoms with Gasteiger partial charge in [0, 0.05) is 13.1 Å². The molecular formula is C20H34N2O3. The Labute approximate surface area is 152 Å². The number of ether oxygens (including phenoxy) is 1. The molecule has 5 nitrogen and oxygen atoms in total. The van der Waals surface area contributed by atoms with Gasteiger partial charge in [0.1, 0.15) is 11.4 Å². The van der Waals surface area contributed by atoms with Gasteiger partial charge < -0.3 is 14.7 Å². The highest BCUT2D eigenvalue weighted by Gasteiger charge is 2.39. The molecule has 0 unspecified atom stereocenters. The Kier molecular flexibility index (Phi) is 5.33. The maximum Gasteiger partial charge on any atom is 0.410 e. The van der Waals surface area contributed by atoms with E-state index in [0.29, 0.717) is 11.2 Å². The van der Waals surface area contributed by atoms with E-state index in [2.05, 4.69) is 4.90 Å². The first-order valence-electron chi connectivity index (χ1n) is 9.87. The molecule has 0 aromatic carbocycles. The number of aliphatic hydroxyl groups is 1. The molecule has 0 aromatic heterocycles. The lowest BCUT2D eigenvalue weighted by Crippen LogP contribution is -2.49. The molecule has 2 saturated heterocycles. The summed E-state index contributed by atoms with van der Waals surface area (Å²) in [4.78, 5) is 16.5. The Morgan fingerprint density at radius 2 is 1.64 bits per heavy atom. The second-order valence-electron chi connectivity index (χ2n) is 9.15. The van der Waals surface area contributed by atoms with Crippen LogP contribution < -0.4 is 0 Å². The van der Waals surface area contributed by atoms with E-state index in [1.54, 1.807) is 0 Å². The molecule has 0 aromatic rings. The molecule has 0 bridgehead atoms. The standard InChI is InChI=1S/C20H34N2O3/c1-19(2,3)25-18(24)22-13-9-20(10-14-22)7-11-21(12-8-20)15-17(23)16-5-4-6-16/h23H,4-15H2,1-3H3. The normalized spacial score (nSPS) is 24.1. The zero-order chi connectivity index (χ0) is 18.1. The van der Waals surface area contributed by atoms with E-state index in [-0.39, 0.29) is 6.09 Å². The molecule has 1 saturated carbocycles. The van der Waals surface area contributed by atoms with Gasteiger partial charge in [-0.05, 0) is 89.8 Å². The van der Waals surface area contributed by atoms with Gasteiger partial charge in [0.25, 0.3) is 0 Å². The molecular weight excluding hydrogens is 316 g/mol. The fraction of sp³-hybridized carbons (Fsp3) is 0.850. The van der Waals surface area contributed by atoms with Gasteiger partial charge in [-0.25, -0.2) is 4.79 Å². The summed E-state index contributed by atoms with van der Waals surface area (Å²) in [5, 5.41) is 10.2. The van der Waals surface area contributed by atoms with Crippen molar-refractivity contribution in [2.75, 3.05) is 32.7 Å². The largest absolute Gasteiger partial charge is 0.511 e. The Hall–Kier alpha value is -1.23. The lowest BCUT2D eigenvalue weighted by Gasteiger charge is -2.46. The van der Waals surface area contributed by atoms with Crippen LogP contribution in [0.25, 0.3) is 0 Å². The molecule has 1 N–H and O–H groups in total. The summed E-state index contributed by atoms with van der Waals surface area (Å²) in [5.74, 6) is 0.627. The van der Waals surface area contributed by atoms with Crippen LogP contribution in [0.1, 0.15) is 65.7 Å². The van der Waals surface area contributed by atoms with Crippen molar-refractivity contribution in [2.24, 2.45) is 5.41 Å². The van der Waals surface area contributed by atoms with Crippen molar-refractivity contribution in [3.8, 4) is 0 Å². The number of amides is 1. The van der Waals surface area contributed by atoms with E-state index < -0.39 is 5.60 Å². The van der Waals surface area contributed by atoms with E-state index in [0.717, 1.165) is 58.4 Å². The van der Waals surface area contributed by atoms with Crippen molar-refractivity contribution < 1.29 is 14.6 Å². The van der Waals surface area contributed by atoms with Crippen molar-refractivity contribution in [2.45, 2.75) is 71.3 Å². The fourth-order valence-corrected chi connectivity index (χ4v) is 4.14. The zero-order valence-corrected chi connectivity index (χ0v) is 16.1. The number of likely N-dealkylation sites (tertiary alicyclic amines) is 2. The molecule has 2 aliphatic heterocycles. The van der Waals surface area contributed by atoms with Crippen LogP contribution in [-0.4, -0.2) is 59.3 Å². The maximum absolute atomic E-state index is 12.2. The molecule has 3 rings (SSSR count). The Balaban J connectivity index is 1.44. The smallest absolute Gasteiger partial charge is 0.410 e. The maximum atomic E-state index is 12.2. The van der Waals surface area contributed by atoms with Gasteiger partial charge in [-0.3, -0.25) is 4.90 Å². The zero-order valence-electron chi connectivity index (χ0n) is 16.1. The van der Waals surface area contributed by atoms with Crippen LogP contribution in [-0.2, 0) is 4.74 Å². The number of piperidine rings is 2. The average Bonchev–Trinajstić information content (AvgIpc) is 2.47. The van der Waals surface area contributed by atoms with E-state index >= 15 is 0 Å². The number of rotatable bonds is 2. The molecule has 142 valence electrons. The highest BCUT2D eigenvalue weighted by atomic mass is 16.6. The van der Waals surface area contributed by atoms with Gasteiger partial charge in [-0.2, -0.15) is 0 Å². The predicted octanol–water partition coefficient (Wildman–Crippen LogP) is 4.10. The SMILES string of the molecule is CC(C)(C)OC(=O)N1CCC2(CCN(CC(O)=C3CCC3)CC2)CC1. The van der Waals surface area contributed by atoms with Crippen LogP contribution >= 0.6 is 0 Å². The molecule has 3 aliphatic rings. The number of carbonyl (C=O) groups excluding carboxylic acids is 1. The van der Waals surface area contributed by atoms with Crippen LogP contribution in [0.2, 0.25) is 0 Å². The summed E-state index contributed by atoms with van der Waals surface area (Å²) in [5.41, 5.74) is 1.23. The van der Waals surface area contributed by atoms with E-state index in [9.17, 15) is 9.90 Å². The first-order chi connectivity index (χ1) is 11.8. The van der Waals surface area contributed by atoms with E-state index in [1.807, 2.05) is 25.7 Å². The van der Waals surface area contributed by atoms with Crippen molar-refractivity contribution in [3.63, 3.8) is 0 Å². The quantitative estimate of drug-likeness (QED) is 0.762. The Morgan fingerprint density at radius 3 is 2.12 bits per heavy atom. The van der Waals surface area contributed by atoms with E-state index in [1.165, 1.54) is 24.8 Å². The average molecular weight is 351 g/mol. The first kappa shape index (κ1) is 18.6. The van der Waals surface area contributed by atoms with Crippen molar-refractivity contribution >= 4 is 6.09 Å². The van der Waals surface area contributed by atoms with E-state index in [4.69, 9.17) is 4.74 Å². The summed E-state index contributed by atoms with van der Waals surface area (Å²) in [6.07, 6.45) is 7.75. The van der Waals surface area contributed by atoms with Gasteiger partial charge in [0.15, 0.2) is 0 Å². The third-order valence-corrected chi connectivity index (χ3v) is 6.13. The summed E-state index contributed by atoms with van der Waals surface area (Å²) in [6.45, 7) is 10.2. The predicted molar refractivity (Wildman–Crippen MR) is 98.7 cm³/mol. The van der Waals surface area contributed by atoms with Crippen LogP contribution in [0.3, 0.4) is 0 Å². The highest BCUT2D eigenvalue weighted by Crippen LogP contribution is 2.41. The number of nitrogens with zero attached hydrogens (tertiary/aromatic N) is 2. The molecule has 0 atom stereocenters. The molecule has 3 fully saturated rings. The number of allylic oxidation sites excluding steroid dienone is 1. The second kappa shape index (κ2) is 7.18. The lowest BCUT2D eigenvalue weighted by atomic mass is 9.71. The molecule has 1 aliphatic carbocycles. The molecule has 1 spiro atoms. The number of hydrogen-bond donors (Lipinski definition) is 1. The molecule has 2 heterocycles. The minimum Gasteiger partial charge on any atom is -0.511 e. The van der Waals surface area contributed by atoms with Crippen molar-refractivity contribution in [3.05, 3.63) is 11.3 Å². The van der Waals surface area contributed by atoms with Crippen molar-refractivity contribution in [1.29, 1.82) is 0 Å². The number of aliphatic hydroxyl groups excluding tert-OH is 1. The lowest BCUT2D eigenvalue weighted by molar-refractivity contribution is -0.00243. The third kappa shape index (κ3) is 4.69. The topological polar surface area (TPSA) is 53.0 Å². The molecule has 25 heavy (non-hydrogen) atoms. The van der Waals surface area contributed by atoms with Gasteiger partial charge in [-0.1, -0.05) is 0 Å². The highest BCUT2D eigenvalue weighted by molar-refractivity contribution is 5.68. The summed E-state index contributed by atoms with van der Waals surface area (Å²) < 4.78 is 5.50. The second-order valence-corrected chi connectivity index (χ2v) is 9.15. The Morgan fingerprint density at radius 1 is 1.08 bits per heavy atom. The Bertz CT molecular complexity index is 512. The molecule has 5 heteroatoms. The third-order valence-electron chi connectivity index (χ3n) is 6.13. The van der Waals surface area contributed by atoms with Crippen molar-refractivity contribution in [1.82, 2.24) is 9.80 Å². The summed E-state index contributed by atoms with van der Waals surface area (Å²) in [6, 6.07) is 0. The molecule has 1 amide bonds. The summed E-state index contributed by atoms with van der Waals surface area (Å²) in [7, 11) is 0. The fourth-order valence-electron chi connectivity index (χ4n) is 4.14. The van der Waals surface area contributed by atoms with Crippen LogP contribution in [0.15, 0.2) is 11.3 Å². The van der Waals surface area contributed by atoms with Gasteiger partial charge in [-0.15, -0.1) is 0 Å².